The van der Waals surface area contributed by atoms with Gasteiger partial charge >= 0.3 is 6.18 Å². The number of anilines is 2. The number of hydrogen-bond acceptors (Lipinski definition) is 7. The smallest absolute Gasteiger partial charge is 0.355 e. The van der Waals surface area contributed by atoms with Gasteiger partial charge in [-0.2, -0.15) is 17.7 Å². The van der Waals surface area contributed by atoms with Crippen molar-refractivity contribution in [2.75, 3.05) is 23.3 Å². The lowest BCUT2D eigenvalue weighted by molar-refractivity contribution is -0.146. The van der Waals surface area contributed by atoms with Crippen LogP contribution in [0.4, 0.5) is 24.1 Å². The first-order chi connectivity index (χ1) is 13.3. The summed E-state index contributed by atoms with van der Waals surface area (Å²) in [6.07, 6.45) is -3.49. The first-order valence-corrected chi connectivity index (χ1v) is 9.47. The van der Waals surface area contributed by atoms with Crippen LogP contribution in [-0.2, 0) is 11.0 Å². The van der Waals surface area contributed by atoms with Gasteiger partial charge in [-0.1, -0.05) is 0 Å². The number of nitrogens with one attached hydrogen (secondary N) is 1. The van der Waals surface area contributed by atoms with Crippen LogP contribution in [0.25, 0.3) is 5.65 Å². The molecule has 1 saturated heterocycles. The third-order valence-electron chi connectivity index (χ3n) is 4.54. The number of thiazole rings is 1. The number of rotatable bonds is 3. The molecule has 4 heterocycles. The Morgan fingerprint density at radius 2 is 2.00 bits per heavy atom. The predicted molar refractivity (Wildman–Crippen MR) is 96.2 cm³/mol. The van der Waals surface area contributed by atoms with Crippen molar-refractivity contribution in [3.05, 3.63) is 29.0 Å². The lowest BCUT2D eigenvalue weighted by atomic mass is 9.96. The maximum Gasteiger partial charge on any atom is 0.453 e. The van der Waals surface area contributed by atoms with Crippen molar-refractivity contribution in [2.24, 2.45) is 5.92 Å². The lowest BCUT2D eigenvalue weighted by Crippen LogP contribution is -2.38. The molecule has 0 aromatic carbocycles. The van der Waals surface area contributed by atoms with E-state index in [1.165, 1.54) is 17.4 Å². The number of alkyl halides is 3. The molecule has 1 N–H and O–H groups in total. The van der Waals surface area contributed by atoms with Crippen molar-refractivity contribution in [1.29, 1.82) is 0 Å². The first kappa shape index (κ1) is 18.6. The summed E-state index contributed by atoms with van der Waals surface area (Å²) in [7, 11) is 0. The number of aromatic nitrogens is 5. The molecule has 0 atom stereocenters. The van der Waals surface area contributed by atoms with Crippen molar-refractivity contribution >= 4 is 33.8 Å². The molecule has 12 heteroatoms. The molecule has 4 rings (SSSR count). The highest BCUT2D eigenvalue weighted by Crippen LogP contribution is 2.29. The van der Waals surface area contributed by atoms with Crippen LogP contribution in [0.2, 0.25) is 0 Å². The molecule has 8 nitrogen and oxygen atoms in total. The van der Waals surface area contributed by atoms with Crippen molar-refractivity contribution in [3.63, 3.8) is 0 Å². The van der Waals surface area contributed by atoms with Crippen LogP contribution in [0.15, 0.2) is 17.5 Å². The van der Waals surface area contributed by atoms with Crippen molar-refractivity contribution in [1.82, 2.24) is 24.8 Å². The molecule has 0 bridgehead atoms. The standard InChI is InChI=1S/C16H16F3N7OS/c1-9-8-28-15(20-9)21-13(27)10-4-6-25(7-5-10)12-3-2-11-22-23-14(16(17,18)19)26(11)24-12/h2-3,8,10H,4-7H2,1H3,(H,20,21,27). The number of piperidine rings is 1. The fourth-order valence-electron chi connectivity index (χ4n) is 3.11. The fraction of sp³-hybridized carbons (Fsp3) is 0.438. The summed E-state index contributed by atoms with van der Waals surface area (Å²) in [5, 5.41) is 16.0. The number of carbonyl (C=O) groups is 1. The summed E-state index contributed by atoms with van der Waals surface area (Å²) < 4.78 is 39.8. The fourth-order valence-corrected chi connectivity index (χ4v) is 3.81. The molecule has 0 radical (unpaired) electrons. The van der Waals surface area contributed by atoms with Gasteiger partial charge in [0.1, 0.15) is 5.82 Å². The molecule has 0 aliphatic carbocycles. The Hall–Kier alpha value is -2.76. The number of fused-ring (bicyclic) bond motifs is 1. The van der Waals surface area contributed by atoms with Gasteiger partial charge in [0.05, 0.1) is 5.69 Å². The van der Waals surface area contributed by atoms with Crippen LogP contribution in [0, 0.1) is 12.8 Å². The third-order valence-corrected chi connectivity index (χ3v) is 5.42. The van der Waals surface area contributed by atoms with E-state index in [0.717, 1.165) is 5.69 Å². The van der Waals surface area contributed by atoms with Crippen LogP contribution >= 0.6 is 11.3 Å². The number of carbonyl (C=O) groups excluding carboxylic acids is 1. The van der Waals surface area contributed by atoms with Crippen LogP contribution in [0.3, 0.4) is 0 Å². The highest BCUT2D eigenvalue weighted by molar-refractivity contribution is 7.13. The highest BCUT2D eigenvalue weighted by Gasteiger charge is 2.38. The van der Waals surface area contributed by atoms with Gasteiger partial charge < -0.3 is 10.2 Å². The summed E-state index contributed by atoms with van der Waals surface area (Å²) >= 11 is 1.37. The maximum atomic E-state index is 13.0. The molecular formula is C16H16F3N7OS. The minimum Gasteiger partial charge on any atom is -0.355 e. The molecule has 3 aromatic heterocycles. The molecule has 1 aliphatic heterocycles. The van der Waals surface area contributed by atoms with Crippen molar-refractivity contribution in [2.45, 2.75) is 25.9 Å². The molecule has 0 saturated carbocycles. The second-order valence-electron chi connectivity index (χ2n) is 6.53. The molecular weight excluding hydrogens is 395 g/mol. The van der Waals surface area contributed by atoms with E-state index in [2.05, 4.69) is 25.6 Å². The summed E-state index contributed by atoms with van der Waals surface area (Å²) in [5.41, 5.74) is 0.882. The molecule has 0 spiro atoms. The maximum absolute atomic E-state index is 13.0. The van der Waals surface area contributed by atoms with Gasteiger partial charge in [0.15, 0.2) is 10.8 Å². The average molecular weight is 411 g/mol. The van der Waals surface area contributed by atoms with Gasteiger partial charge in [0, 0.05) is 24.4 Å². The van der Waals surface area contributed by atoms with E-state index >= 15 is 0 Å². The van der Waals surface area contributed by atoms with E-state index in [4.69, 9.17) is 0 Å². The third kappa shape index (κ3) is 3.63. The minimum atomic E-state index is -4.63. The first-order valence-electron chi connectivity index (χ1n) is 8.59. The molecule has 1 aliphatic rings. The minimum absolute atomic E-state index is 0.0316. The van der Waals surface area contributed by atoms with Gasteiger partial charge in [0.2, 0.25) is 5.91 Å². The van der Waals surface area contributed by atoms with Crippen LogP contribution < -0.4 is 10.2 Å². The lowest BCUT2D eigenvalue weighted by Gasteiger charge is -2.31. The number of halogens is 3. The Bertz CT molecular complexity index is 1010. The Kier molecular flexibility index (Phi) is 4.65. The zero-order chi connectivity index (χ0) is 19.9. The van der Waals surface area contributed by atoms with Crippen molar-refractivity contribution in [3.8, 4) is 0 Å². The molecule has 3 aromatic rings. The summed E-state index contributed by atoms with van der Waals surface area (Å²) in [6, 6.07) is 3.07. The van der Waals surface area contributed by atoms with Gasteiger partial charge in [-0.25, -0.2) is 4.98 Å². The molecule has 0 unspecified atom stereocenters. The van der Waals surface area contributed by atoms with Crippen molar-refractivity contribution < 1.29 is 18.0 Å². The predicted octanol–water partition coefficient (Wildman–Crippen LogP) is 2.76. The quantitative estimate of drug-likeness (QED) is 0.713. The van der Waals surface area contributed by atoms with E-state index < -0.39 is 12.0 Å². The van der Waals surface area contributed by atoms with Gasteiger partial charge in [-0.3, -0.25) is 4.79 Å². The van der Waals surface area contributed by atoms with Gasteiger partial charge in [-0.05, 0) is 31.9 Å². The highest BCUT2D eigenvalue weighted by atomic mass is 32.1. The molecule has 148 valence electrons. The number of nitrogens with zero attached hydrogens (tertiary/aromatic N) is 6. The van der Waals surface area contributed by atoms with E-state index in [1.807, 2.05) is 17.2 Å². The van der Waals surface area contributed by atoms with Gasteiger partial charge in [0.25, 0.3) is 5.82 Å². The SMILES string of the molecule is Cc1csc(NC(=O)C2CCN(c3ccc4nnc(C(F)(F)F)n4n3)CC2)n1. The summed E-state index contributed by atoms with van der Waals surface area (Å²) in [6.45, 7) is 2.88. The molecule has 28 heavy (non-hydrogen) atoms. The molecule has 1 amide bonds. The van der Waals surface area contributed by atoms with Gasteiger partial charge in [-0.15, -0.1) is 26.6 Å². The number of aryl methyl sites for hydroxylation is 1. The zero-order valence-corrected chi connectivity index (χ0v) is 15.6. The monoisotopic (exact) mass is 411 g/mol. The van der Waals surface area contributed by atoms with E-state index in [1.54, 1.807) is 6.07 Å². The molecule has 1 fully saturated rings. The zero-order valence-electron chi connectivity index (χ0n) is 14.8. The number of amides is 1. The Balaban J connectivity index is 1.44. The summed E-state index contributed by atoms with van der Waals surface area (Å²) in [5.74, 6) is -1.02. The van der Waals surface area contributed by atoms with E-state index in [0.29, 0.717) is 41.4 Å². The topological polar surface area (TPSA) is 88.3 Å². The average Bonchev–Trinajstić information content (AvgIpc) is 3.27. The summed E-state index contributed by atoms with van der Waals surface area (Å²) in [4.78, 5) is 18.5. The Morgan fingerprint density at radius 1 is 1.25 bits per heavy atom. The van der Waals surface area contributed by atoms with E-state index in [9.17, 15) is 18.0 Å². The normalized spacial score (nSPS) is 15.9. The number of hydrogen-bond donors (Lipinski definition) is 1. The second kappa shape index (κ2) is 7.00. The Labute approximate surface area is 161 Å². The Morgan fingerprint density at radius 3 is 2.64 bits per heavy atom. The van der Waals surface area contributed by atoms with Crippen LogP contribution in [-0.4, -0.2) is 43.8 Å². The van der Waals surface area contributed by atoms with E-state index in [-0.39, 0.29) is 17.5 Å². The van der Waals surface area contributed by atoms with Crippen LogP contribution in [0.5, 0.6) is 0 Å². The second-order valence-corrected chi connectivity index (χ2v) is 7.39. The largest absolute Gasteiger partial charge is 0.453 e. The van der Waals surface area contributed by atoms with Crippen LogP contribution in [0.1, 0.15) is 24.4 Å².